The van der Waals surface area contributed by atoms with Crippen LogP contribution in [0.15, 0.2) is 52.8 Å². The summed E-state index contributed by atoms with van der Waals surface area (Å²) in [4.78, 5) is 33.9. The Morgan fingerprint density at radius 2 is 2.08 bits per heavy atom. The molecular weight excluding hydrogens is 578 g/mol. The summed E-state index contributed by atoms with van der Waals surface area (Å²) in [5.41, 5.74) is 4.79. The average Bonchev–Trinajstić information content (AvgIpc) is 3.62. The highest BCUT2D eigenvalue weighted by molar-refractivity contribution is 7.98. The predicted molar refractivity (Wildman–Crippen MR) is 162 cm³/mol. The van der Waals surface area contributed by atoms with Crippen molar-refractivity contribution >= 4 is 60.2 Å². The molecule has 3 aromatic heterocycles. The number of halogens is 1. The van der Waals surface area contributed by atoms with Crippen LogP contribution in [0.4, 0.5) is 5.69 Å². The number of nitrogens with two attached hydrogens (primary N) is 2. The molecule has 0 aliphatic carbocycles. The van der Waals surface area contributed by atoms with Gasteiger partial charge in [0.25, 0.3) is 5.56 Å². The molecule has 0 saturated carbocycles. The number of H-pyrrole nitrogens is 1. The minimum absolute atomic E-state index is 0. The smallest absolute Gasteiger partial charge is 0.348 e. The van der Waals surface area contributed by atoms with Gasteiger partial charge in [-0.25, -0.2) is 21.5 Å². The number of thiophene rings is 1. The maximum atomic E-state index is 13.4. The van der Waals surface area contributed by atoms with Gasteiger partial charge in [-0.1, -0.05) is 11.6 Å². The number of nitrogens with zero attached hydrogens (tertiary/aromatic N) is 4. The fourth-order valence-electron chi connectivity index (χ4n) is 4.65. The number of hydrazine groups is 2. The highest BCUT2D eigenvalue weighted by Gasteiger charge is 2.28. The normalized spacial score (nSPS) is 14.3. The zero-order valence-corrected chi connectivity index (χ0v) is 24.6. The van der Waals surface area contributed by atoms with Crippen LogP contribution in [0.2, 0.25) is 5.02 Å². The van der Waals surface area contributed by atoms with Gasteiger partial charge in [0.05, 0.1) is 42.4 Å². The second-order valence-electron chi connectivity index (χ2n) is 8.70. The summed E-state index contributed by atoms with van der Waals surface area (Å²) in [5.74, 6) is 11.6. The topological polar surface area (TPSA) is 136 Å². The second-order valence-corrected chi connectivity index (χ2v) is 11.2. The molecule has 5 N–H and O–H groups in total. The Kier molecular flexibility index (Phi) is 9.11. The van der Waals surface area contributed by atoms with E-state index in [1.54, 1.807) is 35.9 Å². The Balaban J connectivity index is 0.00000353. The van der Waals surface area contributed by atoms with Gasteiger partial charge >= 0.3 is 5.97 Å². The van der Waals surface area contributed by atoms with Gasteiger partial charge in [0.2, 0.25) is 0 Å². The molecule has 0 radical (unpaired) electrons. The number of hydrogen-bond acceptors (Lipinski definition) is 10. The van der Waals surface area contributed by atoms with Gasteiger partial charge in [-0.3, -0.25) is 4.79 Å². The van der Waals surface area contributed by atoms with E-state index < -0.39 is 0 Å². The summed E-state index contributed by atoms with van der Waals surface area (Å²) in [6.07, 6.45) is 3.18. The van der Waals surface area contributed by atoms with Crippen LogP contribution in [0.25, 0.3) is 22.4 Å². The monoisotopic (exact) mass is 605 g/mol. The maximum absolute atomic E-state index is 13.4. The summed E-state index contributed by atoms with van der Waals surface area (Å²) < 4.78 is 9.68. The number of pyridine rings is 1. The standard InChI is InChI=1S/C25H26ClN7O3S2.H2S/c1-3-36-25(35)22-9-15(13-37-22)19-12-29-24(30-19)21-7-5-17-8-14(10-23(34)32(17)21)18-11-16(26)4-6-20(18)31(2)38-33(27)28;/h4,6,8-13,21H,3,5,7,27-28H2,1-2H3,(H,29,30);1H2/t21-;/m0./s1. The van der Waals surface area contributed by atoms with Crippen molar-refractivity contribution in [1.82, 2.24) is 19.1 Å². The van der Waals surface area contributed by atoms with Gasteiger partial charge in [-0.15, -0.1) is 15.9 Å². The first-order valence-electron chi connectivity index (χ1n) is 11.8. The predicted octanol–water partition coefficient (Wildman–Crippen LogP) is 4.49. The number of nitrogens with one attached hydrogen (secondary N) is 1. The summed E-state index contributed by atoms with van der Waals surface area (Å²) in [5, 5.41) is 2.44. The Hall–Kier alpha value is -2.78. The van der Waals surface area contributed by atoms with Crippen LogP contribution in [0.3, 0.4) is 0 Å². The van der Waals surface area contributed by atoms with Gasteiger partial charge < -0.3 is 18.6 Å². The van der Waals surface area contributed by atoms with E-state index in [2.05, 4.69) is 9.97 Å². The summed E-state index contributed by atoms with van der Waals surface area (Å²) in [7, 11) is 1.83. The highest BCUT2D eigenvalue weighted by atomic mass is 35.5. The summed E-state index contributed by atoms with van der Waals surface area (Å²) >= 11 is 8.76. The lowest BCUT2D eigenvalue weighted by Crippen LogP contribution is -2.34. The molecule has 1 aromatic carbocycles. The van der Waals surface area contributed by atoms with E-state index in [9.17, 15) is 9.59 Å². The number of carbonyl (C=O) groups is 1. The van der Waals surface area contributed by atoms with Crippen molar-refractivity contribution in [3.63, 3.8) is 0 Å². The number of aryl methyl sites for hydroxylation is 1. The van der Waals surface area contributed by atoms with Crippen molar-refractivity contribution in [2.45, 2.75) is 25.8 Å². The molecule has 206 valence electrons. The molecule has 39 heavy (non-hydrogen) atoms. The van der Waals surface area contributed by atoms with E-state index in [0.717, 1.165) is 63.3 Å². The largest absolute Gasteiger partial charge is 0.462 e. The highest BCUT2D eigenvalue weighted by Crippen LogP contribution is 2.37. The van der Waals surface area contributed by atoms with Crippen molar-refractivity contribution in [3.05, 3.63) is 79.7 Å². The fraction of sp³-hybridized carbons (Fsp3) is 0.240. The third-order valence-electron chi connectivity index (χ3n) is 6.26. The van der Waals surface area contributed by atoms with Crippen molar-refractivity contribution in [3.8, 4) is 22.4 Å². The van der Waals surface area contributed by atoms with Crippen LogP contribution in [0.1, 0.15) is 40.6 Å². The number of carbonyl (C=O) groups excluding carboxylic acids is 1. The van der Waals surface area contributed by atoms with Crippen molar-refractivity contribution < 1.29 is 9.53 Å². The third-order valence-corrected chi connectivity index (χ3v) is 8.03. The average molecular weight is 606 g/mol. The van der Waals surface area contributed by atoms with Crippen molar-refractivity contribution in [2.24, 2.45) is 11.7 Å². The van der Waals surface area contributed by atoms with Gasteiger partial charge in [0.15, 0.2) is 0 Å². The van der Waals surface area contributed by atoms with Crippen molar-refractivity contribution in [2.75, 3.05) is 18.0 Å². The van der Waals surface area contributed by atoms with E-state index >= 15 is 0 Å². The molecule has 4 heterocycles. The Bertz CT molecular complexity index is 1550. The first-order chi connectivity index (χ1) is 18.2. The Morgan fingerprint density at radius 1 is 1.28 bits per heavy atom. The van der Waals surface area contributed by atoms with Gasteiger partial charge in [-0.2, -0.15) is 13.5 Å². The number of aromatic nitrogens is 3. The molecule has 0 fully saturated rings. The van der Waals surface area contributed by atoms with Crippen LogP contribution < -0.4 is 21.5 Å². The van der Waals surface area contributed by atoms with E-state index in [-0.39, 0.29) is 31.1 Å². The zero-order valence-electron chi connectivity index (χ0n) is 21.2. The second kappa shape index (κ2) is 12.2. The number of rotatable bonds is 8. The number of hydrogen-bond donors (Lipinski definition) is 3. The minimum Gasteiger partial charge on any atom is -0.462 e. The number of benzene rings is 1. The molecular formula is C25H28ClN7O3S3. The number of esters is 1. The van der Waals surface area contributed by atoms with Gasteiger partial charge in [0, 0.05) is 40.3 Å². The van der Waals surface area contributed by atoms with Gasteiger partial charge in [0.1, 0.15) is 10.7 Å². The molecule has 4 aromatic rings. The lowest BCUT2D eigenvalue weighted by atomic mass is 10.0. The molecule has 5 rings (SSSR count). The number of anilines is 1. The quantitative estimate of drug-likeness (QED) is 0.115. The number of aromatic amines is 1. The molecule has 1 atom stereocenters. The lowest BCUT2D eigenvalue weighted by Gasteiger charge is -2.23. The summed E-state index contributed by atoms with van der Waals surface area (Å²) in [6.45, 7) is 2.10. The third kappa shape index (κ3) is 6.04. The van der Waals surface area contributed by atoms with Crippen LogP contribution in [-0.2, 0) is 11.2 Å². The fourth-order valence-corrected chi connectivity index (χ4v) is 6.15. The van der Waals surface area contributed by atoms with Crippen molar-refractivity contribution in [1.29, 1.82) is 0 Å². The first kappa shape index (κ1) is 29.2. The molecule has 14 heteroatoms. The zero-order chi connectivity index (χ0) is 27.0. The lowest BCUT2D eigenvalue weighted by molar-refractivity contribution is 0.0532. The van der Waals surface area contributed by atoms with Crippen LogP contribution in [0, 0.1) is 0 Å². The van der Waals surface area contributed by atoms with Crippen LogP contribution >= 0.6 is 48.6 Å². The number of fused-ring (bicyclic) bond motifs is 1. The van der Waals surface area contributed by atoms with E-state index in [1.807, 2.05) is 34.9 Å². The minimum atomic E-state index is -0.341. The molecule has 0 amide bonds. The summed E-state index contributed by atoms with van der Waals surface area (Å²) in [6, 6.07) is 10.7. The SMILES string of the molecule is CCOC(=O)c1cc(-c2cnc([C@@H]3CCc4cc(-c5cc(Cl)ccc5N(C)SN(N)N)cc(=O)n43)[nH]2)cs1.S. The number of ether oxygens (including phenoxy) is 1. The molecule has 0 bridgehead atoms. The maximum Gasteiger partial charge on any atom is 0.348 e. The Labute approximate surface area is 245 Å². The Morgan fingerprint density at radius 3 is 2.82 bits per heavy atom. The van der Waals surface area contributed by atoms with Crippen LogP contribution in [0.5, 0.6) is 0 Å². The van der Waals surface area contributed by atoms with Gasteiger partial charge in [-0.05, 0) is 55.7 Å². The van der Waals surface area contributed by atoms with E-state index in [4.69, 9.17) is 28.0 Å². The molecule has 0 spiro atoms. The molecule has 1 aliphatic heterocycles. The molecule has 0 saturated heterocycles. The molecule has 0 unspecified atom stereocenters. The van der Waals surface area contributed by atoms with E-state index in [0.29, 0.717) is 22.3 Å². The first-order valence-corrected chi connectivity index (χ1v) is 13.8. The van der Waals surface area contributed by atoms with Crippen LogP contribution in [-0.4, -0.2) is 38.7 Å². The number of imidazole rings is 1. The molecule has 1 aliphatic rings. The van der Waals surface area contributed by atoms with E-state index in [1.165, 1.54) is 11.3 Å². The molecule has 10 nitrogen and oxygen atoms in total.